The topological polar surface area (TPSA) is 64.4 Å². The maximum Gasteiger partial charge on any atom is 0.316 e. The van der Waals surface area contributed by atoms with E-state index >= 15 is 0 Å². The second-order valence-electron chi connectivity index (χ2n) is 9.69. The number of fused-ring (bicyclic) bond motifs is 1. The van der Waals surface area contributed by atoms with E-state index in [1.807, 2.05) is 47.9 Å². The van der Waals surface area contributed by atoms with Gasteiger partial charge in [0.2, 0.25) is 5.75 Å². The first kappa shape index (κ1) is 22.4. The Bertz CT molecular complexity index is 1230. The third-order valence-corrected chi connectivity index (χ3v) is 7.52. The molecular weight excluding hydrogens is 426 g/mol. The largest absolute Gasteiger partial charge is 0.481 e. The Morgan fingerprint density at radius 1 is 1.00 bits per heavy atom. The standard InChI is InChI=1S/C28H31N3O3/c1-20-18-31-23(17-28(15-9-10-16-28)22-13-7-4-8-14-22)29-26(32)25(24(31)27(33)30(20)2)34-19-21-11-5-3-6-12-21/h3-8,11-14,20H,9-10,15-19H2,1-2H3. The highest BCUT2D eigenvalue weighted by molar-refractivity contribution is 5.96. The first-order valence-corrected chi connectivity index (χ1v) is 12.1. The van der Waals surface area contributed by atoms with Crippen LogP contribution < -0.4 is 10.3 Å². The number of benzene rings is 2. The fourth-order valence-electron chi connectivity index (χ4n) is 5.45. The Morgan fingerprint density at radius 2 is 1.65 bits per heavy atom. The first-order chi connectivity index (χ1) is 16.5. The van der Waals surface area contributed by atoms with Crippen molar-refractivity contribution in [1.82, 2.24) is 14.5 Å². The molecule has 0 radical (unpaired) electrons. The Morgan fingerprint density at radius 3 is 2.32 bits per heavy atom. The highest BCUT2D eigenvalue weighted by Crippen LogP contribution is 2.43. The van der Waals surface area contributed by atoms with Crippen LogP contribution in [0.15, 0.2) is 65.5 Å². The van der Waals surface area contributed by atoms with E-state index in [2.05, 4.69) is 29.2 Å². The van der Waals surface area contributed by atoms with Gasteiger partial charge >= 0.3 is 5.56 Å². The van der Waals surface area contributed by atoms with Gasteiger partial charge < -0.3 is 14.2 Å². The van der Waals surface area contributed by atoms with E-state index < -0.39 is 5.56 Å². The molecule has 34 heavy (non-hydrogen) atoms. The molecule has 3 aromatic rings. The average molecular weight is 458 g/mol. The van der Waals surface area contributed by atoms with Crippen molar-refractivity contribution < 1.29 is 9.53 Å². The number of rotatable bonds is 6. The van der Waals surface area contributed by atoms with Gasteiger partial charge in [0.05, 0.1) is 0 Å². The summed E-state index contributed by atoms with van der Waals surface area (Å²) in [5, 5.41) is 0. The predicted molar refractivity (Wildman–Crippen MR) is 131 cm³/mol. The molecule has 1 unspecified atom stereocenters. The number of carbonyl (C=O) groups is 1. The minimum atomic E-state index is -0.463. The van der Waals surface area contributed by atoms with Gasteiger partial charge in [-0.3, -0.25) is 9.59 Å². The van der Waals surface area contributed by atoms with Gasteiger partial charge in [0.25, 0.3) is 5.91 Å². The van der Waals surface area contributed by atoms with Crippen LogP contribution in [-0.4, -0.2) is 33.4 Å². The molecule has 0 spiro atoms. The summed E-state index contributed by atoms with van der Waals surface area (Å²) in [6.07, 6.45) is 5.06. The van der Waals surface area contributed by atoms with E-state index in [1.165, 1.54) is 5.56 Å². The Balaban J connectivity index is 1.58. The number of hydrogen-bond acceptors (Lipinski definition) is 4. The van der Waals surface area contributed by atoms with E-state index in [-0.39, 0.29) is 29.7 Å². The van der Waals surface area contributed by atoms with Crippen LogP contribution in [0.3, 0.4) is 0 Å². The summed E-state index contributed by atoms with van der Waals surface area (Å²) in [4.78, 5) is 32.9. The first-order valence-electron chi connectivity index (χ1n) is 12.1. The number of amides is 1. The number of nitrogens with zero attached hydrogens (tertiary/aromatic N) is 3. The lowest BCUT2D eigenvalue weighted by molar-refractivity contribution is 0.0657. The molecule has 176 valence electrons. The predicted octanol–water partition coefficient (Wildman–Crippen LogP) is 4.35. The van der Waals surface area contributed by atoms with Gasteiger partial charge in [-0.15, -0.1) is 0 Å². The lowest BCUT2D eigenvalue weighted by atomic mass is 9.76. The molecule has 6 heteroatoms. The van der Waals surface area contributed by atoms with E-state index in [4.69, 9.17) is 4.74 Å². The Kier molecular flexibility index (Phi) is 5.98. The molecule has 1 aromatic heterocycles. The molecule has 1 saturated carbocycles. The van der Waals surface area contributed by atoms with Gasteiger partial charge in [-0.1, -0.05) is 73.5 Å². The van der Waals surface area contributed by atoms with Crippen molar-refractivity contribution in [3.8, 4) is 5.75 Å². The number of likely N-dealkylation sites (N-methyl/N-ethyl adjacent to an activating group) is 1. The third-order valence-electron chi connectivity index (χ3n) is 7.52. The molecule has 1 atom stereocenters. The molecule has 5 rings (SSSR count). The fraction of sp³-hybridized carbons (Fsp3) is 0.393. The maximum absolute atomic E-state index is 13.4. The van der Waals surface area contributed by atoms with Crippen LogP contribution in [0, 0.1) is 0 Å². The van der Waals surface area contributed by atoms with Gasteiger partial charge in [-0.2, -0.15) is 4.98 Å². The quantitative estimate of drug-likeness (QED) is 0.552. The number of aromatic nitrogens is 2. The van der Waals surface area contributed by atoms with Crippen molar-refractivity contribution in [3.05, 3.63) is 93.7 Å². The summed E-state index contributed by atoms with van der Waals surface area (Å²) in [5.74, 6) is 0.547. The minimum absolute atomic E-state index is 0.00118. The highest BCUT2D eigenvalue weighted by Gasteiger charge is 2.40. The Hall–Kier alpha value is -3.41. The molecule has 1 aliphatic carbocycles. The van der Waals surface area contributed by atoms with Crippen LogP contribution in [0.5, 0.6) is 5.75 Å². The van der Waals surface area contributed by atoms with E-state index in [9.17, 15) is 9.59 Å². The summed E-state index contributed by atoms with van der Waals surface area (Å²) >= 11 is 0. The van der Waals surface area contributed by atoms with Crippen molar-refractivity contribution in [2.24, 2.45) is 0 Å². The van der Waals surface area contributed by atoms with Crippen LogP contribution in [-0.2, 0) is 25.0 Å². The second kappa shape index (κ2) is 9.09. The molecule has 0 saturated heterocycles. The van der Waals surface area contributed by atoms with Crippen molar-refractivity contribution in [3.63, 3.8) is 0 Å². The summed E-state index contributed by atoms with van der Waals surface area (Å²) < 4.78 is 7.92. The minimum Gasteiger partial charge on any atom is -0.481 e. The molecule has 2 heterocycles. The van der Waals surface area contributed by atoms with Crippen LogP contribution >= 0.6 is 0 Å². The Labute approximate surface area is 200 Å². The molecule has 0 bridgehead atoms. The van der Waals surface area contributed by atoms with Crippen molar-refractivity contribution in [2.45, 2.75) is 63.6 Å². The molecule has 6 nitrogen and oxygen atoms in total. The van der Waals surface area contributed by atoms with Crippen molar-refractivity contribution in [2.75, 3.05) is 7.05 Å². The average Bonchev–Trinajstić information content (AvgIpc) is 3.34. The molecule has 2 aliphatic rings. The zero-order valence-corrected chi connectivity index (χ0v) is 19.9. The zero-order valence-electron chi connectivity index (χ0n) is 19.9. The summed E-state index contributed by atoms with van der Waals surface area (Å²) in [6.45, 7) is 2.83. The van der Waals surface area contributed by atoms with Gasteiger partial charge in [0.1, 0.15) is 12.4 Å². The summed E-state index contributed by atoms with van der Waals surface area (Å²) in [5.41, 5.74) is 2.02. The maximum atomic E-state index is 13.4. The lowest BCUT2D eigenvalue weighted by Crippen LogP contribution is -2.47. The smallest absolute Gasteiger partial charge is 0.316 e. The third kappa shape index (κ3) is 4.02. The summed E-state index contributed by atoms with van der Waals surface area (Å²) in [7, 11) is 1.78. The summed E-state index contributed by atoms with van der Waals surface area (Å²) in [6, 6.07) is 20.2. The van der Waals surface area contributed by atoms with Gasteiger partial charge in [0.15, 0.2) is 5.69 Å². The molecular formula is C28H31N3O3. The molecule has 1 fully saturated rings. The zero-order chi connectivity index (χ0) is 23.7. The van der Waals surface area contributed by atoms with Crippen molar-refractivity contribution >= 4 is 5.91 Å². The van der Waals surface area contributed by atoms with Crippen LogP contribution in [0.2, 0.25) is 0 Å². The fourth-order valence-corrected chi connectivity index (χ4v) is 5.45. The second-order valence-corrected chi connectivity index (χ2v) is 9.69. The van der Waals surface area contributed by atoms with Gasteiger partial charge in [-0.25, -0.2) is 0 Å². The monoisotopic (exact) mass is 457 g/mol. The number of hydrogen-bond donors (Lipinski definition) is 0. The molecule has 1 aliphatic heterocycles. The molecule has 0 N–H and O–H groups in total. The number of ether oxygens (including phenoxy) is 1. The van der Waals surface area contributed by atoms with E-state index in [0.29, 0.717) is 24.5 Å². The van der Waals surface area contributed by atoms with Crippen molar-refractivity contribution in [1.29, 1.82) is 0 Å². The molecule has 2 aromatic carbocycles. The van der Waals surface area contributed by atoms with E-state index in [0.717, 1.165) is 31.2 Å². The highest BCUT2D eigenvalue weighted by atomic mass is 16.5. The van der Waals surface area contributed by atoms with Crippen LogP contribution in [0.25, 0.3) is 0 Å². The van der Waals surface area contributed by atoms with Crippen LogP contribution in [0.1, 0.15) is 60.0 Å². The van der Waals surface area contributed by atoms with Gasteiger partial charge in [0, 0.05) is 31.5 Å². The number of carbonyl (C=O) groups excluding carboxylic acids is 1. The SMILES string of the molecule is CC1Cn2c(CC3(c4ccccc4)CCCC3)nc(=O)c(OCc3ccccc3)c2C(=O)N1C. The lowest BCUT2D eigenvalue weighted by Gasteiger charge is -2.36. The molecule has 1 amide bonds. The normalized spacial score (nSPS) is 19.2. The van der Waals surface area contributed by atoms with E-state index in [1.54, 1.807) is 11.9 Å². The van der Waals surface area contributed by atoms with Crippen LogP contribution in [0.4, 0.5) is 0 Å². The van der Waals surface area contributed by atoms with Gasteiger partial charge in [-0.05, 0) is 30.9 Å².